The molecule has 2 atom stereocenters. The highest BCUT2D eigenvalue weighted by molar-refractivity contribution is 6.31. The number of aliphatic hydroxyl groups excluding tert-OH is 2. The minimum atomic E-state index is -0.904. The van der Waals surface area contributed by atoms with Crippen molar-refractivity contribution in [3.8, 4) is 17.0 Å². The first-order chi connectivity index (χ1) is 30.4. The Balaban J connectivity index is 0.000000235. The summed E-state index contributed by atoms with van der Waals surface area (Å²) >= 11 is 18.0. The lowest BCUT2D eigenvalue weighted by molar-refractivity contribution is 0.152. The van der Waals surface area contributed by atoms with E-state index in [-0.39, 0.29) is 39.3 Å². The van der Waals surface area contributed by atoms with E-state index in [1.54, 1.807) is 50.5 Å². The second-order valence-electron chi connectivity index (χ2n) is 16.3. The molecule has 4 aromatic heterocycles. The van der Waals surface area contributed by atoms with Gasteiger partial charge < -0.3 is 19.9 Å². The number of rotatable bonds is 15. The lowest BCUT2D eigenvalue weighted by Crippen LogP contribution is -2.39. The Kier molecular flexibility index (Phi) is 19.4. The SMILES string of the molecule is CCCCn1c(=O)c2c(C(O)CC(C)C)c(-c3cccc(Cl)c3)ncc2n(C)c1=O.CCCCn1c(=O)c2c(C(O)CC(C)C)c(Cl)ncc2n(C)c1=O.O[B]Oc1cccc(Cl)c1. The molecule has 343 valence electrons. The molecule has 0 fully saturated rings. The summed E-state index contributed by atoms with van der Waals surface area (Å²) in [5.41, 5.74) is 1.25. The number of halogens is 3. The average Bonchev–Trinajstić information content (AvgIpc) is 3.24. The topological polar surface area (TPSA) is 184 Å². The van der Waals surface area contributed by atoms with Crippen LogP contribution in [0.2, 0.25) is 15.2 Å². The maximum absolute atomic E-state index is 13.5. The minimum Gasteiger partial charge on any atom is -0.537 e. The van der Waals surface area contributed by atoms with Gasteiger partial charge in [-0.05, 0) is 67.9 Å². The molecule has 18 heteroatoms. The van der Waals surface area contributed by atoms with Gasteiger partial charge in [0.15, 0.2) is 0 Å². The van der Waals surface area contributed by atoms with Gasteiger partial charge in [0.1, 0.15) is 10.9 Å². The highest BCUT2D eigenvalue weighted by Gasteiger charge is 2.26. The fraction of sp³-hybridized carbons (Fsp3) is 0.435. The van der Waals surface area contributed by atoms with Gasteiger partial charge in [-0.25, -0.2) is 14.6 Å². The van der Waals surface area contributed by atoms with E-state index in [0.29, 0.717) is 82.7 Å². The van der Waals surface area contributed by atoms with Crippen molar-refractivity contribution >= 4 is 64.3 Å². The number of fused-ring (bicyclic) bond motifs is 2. The quantitative estimate of drug-likeness (QED) is 0.0671. The lowest BCUT2D eigenvalue weighted by atomic mass is 9.93. The largest absolute Gasteiger partial charge is 0.569 e. The smallest absolute Gasteiger partial charge is 0.537 e. The number of aromatic nitrogens is 6. The van der Waals surface area contributed by atoms with Crippen molar-refractivity contribution in [2.45, 2.75) is 105 Å². The summed E-state index contributed by atoms with van der Waals surface area (Å²) in [6, 6.07) is 13.9. The fourth-order valence-corrected chi connectivity index (χ4v) is 7.87. The standard InChI is InChI=1S/C23H28ClN3O3.C17H24ClN3O3.C6H5BClO2/c1-5-6-10-27-22(29)19-17(26(4)23(27)30)13-25-21(15-8-7-9-16(24)12-15)20(19)18(28)11-14(2)3;1-5-6-7-21-16(23)13-11(20(4)17(21)24)9-19-15(18)14(13)12(22)8-10(2)3;8-5-2-1-3-6(4-5)10-7-9/h7-9,12-14,18,28H,5-6,10-11H2,1-4H3;9-10,12,22H,5-8H2,1-4H3;1-4,9H. The summed E-state index contributed by atoms with van der Waals surface area (Å²) < 4.78 is 9.94. The van der Waals surface area contributed by atoms with Crippen molar-refractivity contribution < 1.29 is 19.9 Å². The number of nitrogens with zero attached hydrogens (tertiary/aromatic N) is 6. The Morgan fingerprint density at radius 2 is 1.16 bits per heavy atom. The summed E-state index contributed by atoms with van der Waals surface area (Å²) in [7, 11) is 3.85. The Morgan fingerprint density at radius 1 is 0.688 bits per heavy atom. The van der Waals surface area contributed by atoms with Crippen LogP contribution in [0.1, 0.15) is 103 Å². The first-order valence-electron chi connectivity index (χ1n) is 21.3. The molecule has 3 N–H and O–H groups in total. The van der Waals surface area contributed by atoms with Gasteiger partial charge in [-0.3, -0.25) is 32.8 Å². The monoisotopic (exact) mass is 937 g/mol. The molecule has 6 aromatic rings. The third kappa shape index (κ3) is 12.5. The van der Waals surface area contributed by atoms with E-state index in [9.17, 15) is 29.4 Å². The van der Waals surface area contributed by atoms with Gasteiger partial charge in [0, 0.05) is 53.9 Å². The molecule has 0 saturated carbocycles. The van der Waals surface area contributed by atoms with Crippen molar-refractivity contribution in [1.82, 2.24) is 28.2 Å². The third-order valence-corrected chi connectivity index (χ3v) is 11.2. The molecule has 4 heterocycles. The molecule has 0 spiro atoms. The third-order valence-electron chi connectivity index (χ3n) is 10.4. The number of benzene rings is 2. The van der Waals surface area contributed by atoms with Crippen LogP contribution in [0.15, 0.2) is 80.1 Å². The molecule has 0 saturated heterocycles. The van der Waals surface area contributed by atoms with Crippen molar-refractivity contribution in [3.05, 3.63) is 129 Å². The molecular weight excluding hydrogens is 882 g/mol. The van der Waals surface area contributed by atoms with Gasteiger partial charge in [0.2, 0.25) is 0 Å². The number of hydrogen-bond acceptors (Lipinski definition) is 10. The van der Waals surface area contributed by atoms with E-state index in [1.807, 2.05) is 53.7 Å². The number of pyridine rings is 2. The number of hydrogen-bond donors (Lipinski definition) is 3. The van der Waals surface area contributed by atoms with Crippen molar-refractivity contribution in [2.75, 3.05) is 0 Å². The zero-order valence-electron chi connectivity index (χ0n) is 37.5. The van der Waals surface area contributed by atoms with Crippen LogP contribution in [-0.4, -0.2) is 51.2 Å². The zero-order valence-corrected chi connectivity index (χ0v) is 39.8. The van der Waals surface area contributed by atoms with Gasteiger partial charge >= 0.3 is 19.1 Å². The van der Waals surface area contributed by atoms with Crippen LogP contribution in [-0.2, 0) is 27.2 Å². The number of unbranched alkanes of at least 4 members (excludes halogenated alkanes) is 2. The normalized spacial score (nSPS) is 12.2. The van der Waals surface area contributed by atoms with Crippen molar-refractivity contribution in [3.63, 3.8) is 0 Å². The Morgan fingerprint density at radius 3 is 1.62 bits per heavy atom. The van der Waals surface area contributed by atoms with Crippen LogP contribution in [0.5, 0.6) is 5.75 Å². The fourth-order valence-electron chi connectivity index (χ4n) is 7.23. The molecule has 14 nitrogen and oxygen atoms in total. The molecule has 1 radical (unpaired) electrons. The van der Waals surface area contributed by atoms with Gasteiger partial charge in [-0.1, -0.05) is 107 Å². The summed E-state index contributed by atoms with van der Waals surface area (Å²) in [6.07, 6.45) is 5.23. The van der Waals surface area contributed by atoms with Gasteiger partial charge in [0.25, 0.3) is 11.1 Å². The van der Waals surface area contributed by atoms with Crippen LogP contribution in [0.3, 0.4) is 0 Å². The molecule has 6 rings (SSSR count). The molecule has 0 bridgehead atoms. The number of aryl methyl sites for hydroxylation is 2. The predicted octanol–water partition coefficient (Wildman–Crippen LogP) is 8.17. The zero-order chi connectivity index (χ0) is 47.4. The maximum Gasteiger partial charge on any atom is 0.569 e. The molecule has 0 aliphatic heterocycles. The molecular formula is C46H57BCl3N6O8. The second kappa shape index (κ2) is 24.0. The van der Waals surface area contributed by atoms with Crippen LogP contribution in [0, 0.1) is 11.8 Å². The van der Waals surface area contributed by atoms with Crippen LogP contribution in [0.4, 0.5) is 0 Å². The molecule has 0 amide bonds. The summed E-state index contributed by atoms with van der Waals surface area (Å²) in [6.45, 7) is 12.7. The summed E-state index contributed by atoms with van der Waals surface area (Å²) in [5.74, 6) is 0.952. The first kappa shape index (κ1) is 51.9. The van der Waals surface area contributed by atoms with E-state index >= 15 is 0 Å². The van der Waals surface area contributed by atoms with Gasteiger partial charge in [-0.2, -0.15) is 0 Å². The van der Waals surface area contributed by atoms with Gasteiger partial charge in [-0.15, -0.1) is 0 Å². The average molecular weight is 939 g/mol. The second-order valence-corrected chi connectivity index (χ2v) is 17.5. The first-order valence-corrected chi connectivity index (χ1v) is 22.4. The van der Waals surface area contributed by atoms with Crippen molar-refractivity contribution in [2.24, 2.45) is 25.9 Å². The Hall–Kier alpha value is -4.77. The molecule has 64 heavy (non-hydrogen) atoms. The predicted molar refractivity (Wildman–Crippen MR) is 257 cm³/mol. The summed E-state index contributed by atoms with van der Waals surface area (Å²) in [4.78, 5) is 60.2. The molecule has 2 aromatic carbocycles. The highest BCUT2D eigenvalue weighted by Crippen LogP contribution is 2.35. The van der Waals surface area contributed by atoms with Crippen molar-refractivity contribution in [1.29, 1.82) is 0 Å². The maximum atomic E-state index is 13.5. The van der Waals surface area contributed by atoms with Crippen LogP contribution >= 0.6 is 34.8 Å². The van der Waals surface area contributed by atoms with E-state index in [2.05, 4.69) is 14.6 Å². The minimum absolute atomic E-state index is 0.105. The van der Waals surface area contributed by atoms with E-state index in [4.69, 9.17) is 39.8 Å². The van der Waals surface area contributed by atoms with E-state index in [1.165, 1.54) is 30.7 Å². The van der Waals surface area contributed by atoms with E-state index in [0.717, 1.165) is 31.2 Å². The van der Waals surface area contributed by atoms with Gasteiger partial charge in [0.05, 0.1) is 52.1 Å². The van der Waals surface area contributed by atoms with Crippen LogP contribution < -0.4 is 27.2 Å². The van der Waals surface area contributed by atoms with E-state index < -0.39 is 17.8 Å². The Labute approximate surface area is 388 Å². The molecule has 0 aliphatic carbocycles. The lowest BCUT2D eigenvalue weighted by Gasteiger charge is -2.20. The summed E-state index contributed by atoms with van der Waals surface area (Å²) in [5, 5.41) is 31.8. The molecule has 0 aliphatic rings. The van der Waals surface area contributed by atoms with Crippen LogP contribution in [0.25, 0.3) is 33.1 Å². The highest BCUT2D eigenvalue weighted by atomic mass is 35.5. The number of aliphatic hydroxyl groups is 2. The Bertz CT molecular complexity index is 2790. The molecule has 2 unspecified atom stereocenters.